The molecule has 1 saturated carbocycles. The summed E-state index contributed by atoms with van der Waals surface area (Å²) in [5, 5.41) is 14.0. The van der Waals surface area contributed by atoms with Gasteiger partial charge in [0.2, 0.25) is 0 Å². The summed E-state index contributed by atoms with van der Waals surface area (Å²) in [5.41, 5.74) is 3.63. The maximum absolute atomic E-state index is 13.1. The van der Waals surface area contributed by atoms with Gasteiger partial charge in [-0.1, -0.05) is 29.8 Å². The van der Waals surface area contributed by atoms with E-state index in [0.717, 1.165) is 41.1 Å². The number of ether oxygens (including phenoxy) is 1. The van der Waals surface area contributed by atoms with E-state index in [-0.39, 0.29) is 11.7 Å². The molecule has 7 nitrogen and oxygen atoms in total. The monoisotopic (exact) mass is 435 g/mol. The van der Waals surface area contributed by atoms with Gasteiger partial charge in [-0.25, -0.2) is 9.48 Å². The molecule has 158 valence electrons. The second-order valence-electron chi connectivity index (χ2n) is 7.87. The molecule has 3 aromatic rings. The van der Waals surface area contributed by atoms with E-state index in [4.69, 9.17) is 16.3 Å². The maximum Gasteiger partial charge on any atom is 0.346 e. The van der Waals surface area contributed by atoms with Crippen LogP contribution in [0.15, 0.2) is 63.5 Å². The van der Waals surface area contributed by atoms with Crippen molar-refractivity contribution in [1.29, 1.82) is 0 Å². The fourth-order valence-electron chi connectivity index (χ4n) is 3.86. The van der Waals surface area contributed by atoms with E-state index in [1.54, 1.807) is 11.7 Å². The molecule has 0 atom stereocenters. The number of aromatic nitrogens is 3. The molecule has 0 N–H and O–H groups in total. The highest BCUT2D eigenvalue weighted by Crippen LogP contribution is 2.36. The Hall–Kier alpha value is -3.19. The van der Waals surface area contributed by atoms with Crippen LogP contribution in [0.4, 0.5) is 0 Å². The molecule has 5 rings (SSSR count). The fourth-order valence-corrected chi connectivity index (χ4v) is 3.98. The third-order valence-electron chi connectivity index (χ3n) is 5.55. The highest BCUT2D eigenvalue weighted by Gasteiger charge is 2.31. The molecule has 2 heterocycles. The van der Waals surface area contributed by atoms with Crippen LogP contribution in [0.2, 0.25) is 5.02 Å². The Labute approximate surface area is 184 Å². The van der Waals surface area contributed by atoms with E-state index in [1.165, 1.54) is 4.68 Å². The van der Waals surface area contributed by atoms with Crippen molar-refractivity contribution in [3.05, 3.63) is 69.6 Å². The molecule has 0 radical (unpaired) electrons. The Morgan fingerprint density at radius 1 is 1.06 bits per heavy atom. The van der Waals surface area contributed by atoms with Gasteiger partial charge in [-0.05, 0) is 48.7 Å². The molecule has 0 spiro atoms. The van der Waals surface area contributed by atoms with Crippen LogP contribution in [0.5, 0.6) is 5.75 Å². The number of para-hydroxylation sites is 1. The molecular formula is C23H22ClN5O2. The standard InChI is InChI=1S/C23H22ClN5O2/c1-31-21-5-3-2-4-16(21)12-18-13-19(26-25-18)14-28-23(30)29(20-10-11-20)22(27-28)15-6-8-17(24)9-7-15/h2-9,20H,10-14H2,1H3. The van der Waals surface area contributed by atoms with Crippen LogP contribution in [0, 0.1) is 0 Å². The van der Waals surface area contributed by atoms with Gasteiger partial charge in [-0.2, -0.15) is 10.2 Å². The highest BCUT2D eigenvalue weighted by atomic mass is 35.5. The molecule has 2 aromatic carbocycles. The van der Waals surface area contributed by atoms with Gasteiger partial charge in [-0.3, -0.25) is 4.57 Å². The average molecular weight is 436 g/mol. The first-order valence-electron chi connectivity index (χ1n) is 10.3. The van der Waals surface area contributed by atoms with E-state index in [0.29, 0.717) is 30.2 Å². The van der Waals surface area contributed by atoms with Gasteiger partial charge in [0, 0.05) is 29.5 Å². The van der Waals surface area contributed by atoms with Crippen molar-refractivity contribution in [2.45, 2.75) is 38.3 Å². The minimum Gasteiger partial charge on any atom is -0.496 e. The number of hydrogen-bond acceptors (Lipinski definition) is 5. The van der Waals surface area contributed by atoms with Crippen molar-refractivity contribution in [2.24, 2.45) is 10.2 Å². The first-order chi connectivity index (χ1) is 15.1. The van der Waals surface area contributed by atoms with Crippen molar-refractivity contribution in [1.82, 2.24) is 14.3 Å². The van der Waals surface area contributed by atoms with Gasteiger partial charge in [0.25, 0.3) is 0 Å². The van der Waals surface area contributed by atoms with E-state index in [1.807, 2.05) is 48.5 Å². The molecule has 2 aliphatic rings. The van der Waals surface area contributed by atoms with Gasteiger partial charge in [0.1, 0.15) is 5.75 Å². The zero-order valence-electron chi connectivity index (χ0n) is 17.2. The van der Waals surface area contributed by atoms with Crippen LogP contribution in [0.25, 0.3) is 11.4 Å². The summed E-state index contributed by atoms with van der Waals surface area (Å²) in [6, 6.07) is 15.5. The highest BCUT2D eigenvalue weighted by molar-refractivity contribution is 6.30. The van der Waals surface area contributed by atoms with E-state index >= 15 is 0 Å². The molecule has 8 heteroatoms. The van der Waals surface area contributed by atoms with Crippen LogP contribution >= 0.6 is 11.6 Å². The predicted octanol–water partition coefficient (Wildman–Crippen LogP) is 4.15. The second-order valence-corrected chi connectivity index (χ2v) is 8.31. The molecule has 0 amide bonds. The fraction of sp³-hybridized carbons (Fsp3) is 0.304. The largest absolute Gasteiger partial charge is 0.496 e. The van der Waals surface area contributed by atoms with Crippen molar-refractivity contribution < 1.29 is 4.74 Å². The number of hydrogen-bond donors (Lipinski definition) is 0. The third-order valence-corrected chi connectivity index (χ3v) is 5.80. The predicted molar refractivity (Wildman–Crippen MR) is 121 cm³/mol. The van der Waals surface area contributed by atoms with Crippen LogP contribution in [0.3, 0.4) is 0 Å². The first kappa shape index (κ1) is 19.8. The number of methoxy groups -OCH3 is 1. The summed E-state index contributed by atoms with van der Waals surface area (Å²) in [7, 11) is 1.66. The normalized spacial score (nSPS) is 15.7. The zero-order chi connectivity index (χ0) is 21.4. The summed E-state index contributed by atoms with van der Waals surface area (Å²) < 4.78 is 8.73. The molecule has 1 aliphatic carbocycles. The molecular weight excluding hydrogens is 414 g/mol. The summed E-state index contributed by atoms with van der Waals surface area (Å²) >= 11 is 6.02. The van der Waals surface area contributed by atoms with Crippen LogP contribution in [0.1, 0.15) is 30.9 Å². The topological polar surface area (TPSA) is 73.8 Å². The summed E-state index contributed by atoms with van der Waals surface area (Å²) in [5.74, 6) is 1.52. The van der Waals surface area contributed by atoms with Gasteiger partial charge in [0.15, 0.2) is 5.82 Å². The SMILES string of the molecule is COc1ccccc1CC1=NN=C(Cn2nc(-c3ccc(Cl)cc3)n(C3CC3)c2=O)C1. The lowest BCUT2D eigenvalue weighted by atomic mass is 10.0. The Balaban J connectivity index is 1.34. The van der Waals surface area contributed by atoms with E-state index < -0.39 is 0 Å². The van der Waals surface area contributed by atoms with E-state index in [2.05, 4.69) is 15.3 Å². The van der Waals surface area contributed by atoms with Crippen LogP contribution < -0.4 is 10.4 Å². The number of nitrogens with zero attached hydrogens (tertiary/aromatic N) is 5. The van der Waals surface area contributed by atoms with E-state index in [9.17, 15) is 4.79 Å². The smallest absolute Gasteiger partial charge is 0.346 e. The molecule has 0 saturated heterocycles. The van der Waals surface area contributed by atoms with Gasteiger partial charge < -0.3 is 4.74 Å². The number of benzene rings is 2. The maximum atomic E-state index is 13.1. The van der Waals surface area contributed by atoms with Crippen LogP contribution in [-0.2, 0) is 13.0 Å². The molecule has 1 aliphatic heterocycles. The first-order valence-corrected chi connectivity index (χ1v) is 10.7. The summed E-state index contributed by atoms with van der Waals surface area (Å²) in [6.45, 7) is 0.331. The molecule has 0 bridgehead atoms. The quantitative estimate of drug-likeness (QED) is 0.559. The average Bonchev–Trinajstić information content (AvgIpc) is 3.44. The minimum absolute atomic E-state index is 0.103. The molecule has 31 heavy (non-hydrogen) atoms. The Morgan fingerprint density at radius 3 is 2.55 bits per heavy atom. The van der Waals surface area contributed by atoms with Crippen molar-refractivity contribution >= 4 is 23.0 Å². The molecule has 0 unspecified atom stereocenters. The lowest BCUT2D eigenvalue weighted by Gasteiger charge is -2.07. The summed E-state index contributed by atoms with van der Waals surface area (Å²) in [6.07, 6.45) is 3.29. The Bertz CT molecular complexity index is 1240. The number of halogens is 1. The van der Waals surface area contributed by atoms with Crippen LogP contribution in [-0.4, -0.2) is 32.9 Å². The zero-order valence-corrected chi connectivity index (χ0v) is 17.9. The van der Waals surface area contributed by atoms with Gasteiger partial charge in [0.05, 0.1) is 25.1 Å². The lowest BCUT2D eigenvalue weighted by Crippen LogP contribution is -2.27. The minimum atomic E-state index is -0.103. The third kappa shape index (κ3) is 4.05. The van der Waals surface area contributed by atoms with Crippen molar-refractivity contribution in [3.8, 4) is 17.1 Å². The van der Waals surface area contributed by atoms with Crippen molar-refractivity contribution in [2.75, 3.05) is 7.11 Å². The van der Waals surface area contributed by atoms with Gasteiger partial charge in [-0.15, -0.1) is 5.10 Å². The second kappa shape index (κ2) is 8.15. The lowest BCUT2D eigenvalue weighted by molar-refractivity contribution is 0.411. The Morgan fingerprint density at radius 2 is 1.81 bits per heavy atom. The van der Waals surface area contributed by atoms with Crippen molar-refractivity contribution in [3.63, 3.8) is 0 Å². The summed E-state index contributed by atoms with van der Waals surface area (Å²) in [4.78, 5) is 13.1. The molecule has 1 aromatic heterocycles. The number of rotatable bonds is 7. The molecule has 1 fully saturated rings. The Kier molecular flexibility index (Phi) is 5.19. The van der Waals surface area contributed by atoms with Gasteiger partial charge >= 0.3 is 5.69 Å².